The van der Waals surface area contributed by atoms with Gasteiger partial charge in [-0.3, -0.25) is 10.1 Å². The molecule has 2 aliphatic heterocycles. The van der Waals surface area contributed by atoms with Crippen LogP contribution in [0.4, 0.5) is 0 Å². The number of hydrogen-bond donors (Lipinski definition) is 1. The number of thiophene rings is 1. The molecule has 0 aromatic carbocycles. The Kier molecular flexibility index (Phi) is 3.60. The van der Waals surface area contributed by atoms with E-state index in [2.05, 4.69) is 5.32 Å². The molecule has 7 heteroatoms. The zero-order chi connectivity index (χ0) is 14.3. The Morgan fingerprint density at radius 3 is 2.90 bits per heavy atom. The minimum absolute atomic E-state index is 0.00509. The molecule has 0 saturated carbocycles. The largest absolute Gasteiger partial charge is 0.317 e. The van der Waals surface area contributed by atoms with Crippen molar-refractivity contribution in [3.63, 3.8) is 0 Å². The fourth-order valence-electron chi connectivity index (χ4n) is 3.01. The van der Waals surface area contributed by atoms with Crippen LogP contribution in [0.1, 0.15) is 30.8 Å². The lowest BCUT2D eigenvalue weighted by atomic mass is 10.1. The van der Waals surface area contributed by atoms with Crippen molar-refractivity contribution in [1.29, 1.82) is 0 Å². The molecular weight excluding hydrogens is 296 g/mol. The highest BCUT2D eigenvalue weighted by Gasteiger charge is 2.43. The van der Waals surface area contributed by atoms with Gasteiger partial charge in [0, 0.05) is 10.9 Å². The topological polar surface area (TPSA) is 66.5 Å². The molecule has 3 atom stereocenters. The van der Waals surface area contributed by atoms with E-state index in [1.165, 1.54) is 0 Å². The quantitative estimate of drug-likeness (QED) is 0.889. The summed E-state index contributed by atoms with van der Waals surface area (Å²) in [6.45, 7) is 1.83. The van der Waals surface area contributed by atoms with Crippen LogP contribution in [-0.2, 0) is 14.6 Å². The lowest BCUT2D eigenvalue weighted by Crippen LogP contribution is -2.46. The number of hydrogen-bond acceptors (Lipinski definition) is 5. The fourth-order valence-corrected chi connectivity index (χ4v) is 5.48. The van der Waals surface area contributed by atoms with Crippen molar-refractivity contribution >= 4 is 27.1 Å². The molecule has 2 fully saturated rings. The van der Waals surface area contributed by atoms with Crippen LogP contribution in [0.2, 0.25) is 0 Å². The normalized spacial score (nSPS) is 33.5. The third-order valence-corrected chi connectivity index (χ3v) is 6.68. The van der Waals surface area contributed by atoms with Gasteiger partial charge in [-0.25, -0.2) is 8.42 Å². The summed E-state index contributed by atoms with van der Waals surface area (Å²) in [6.07, 6.45) is 1.22. The molecule has 1 aromatic heterocycles. The number of sulfone groups is 1. The van der Waals surface area contributed by atoms with E-state index in [1.807, 2.05) is 24.4 Å². The summed E-state index contributed by atoms with van der Waals surface area (Å²) in [7, 11) is -3.02. The van der Waals surface area contributed by atoms with Gasteiger partial charge in [-0.15, -0.1) is 11.3 Å². The van der Waals surface area contributed by atoms with E-state index < -0.39 is 9.84 Å². The van der Waals surface area contributed by atoms with Crippen molar-refractivity contribution in [2.24, 2.45) is 0 Å². The van der Waals surface area contributed by atoms with Gasteiger partial charge >= 0.3 is 0 Å². The van der Waals surface area contributed by atoms with Crippen LogP contribution in [0.25, 0.3) is 0 Å². The van der Waals surface area contributed by atoms with Crippen molar-refractivity contribution in [3.8, 4) is 0 Å². The monoisotopic (exact) mass is 314 g/mol. The van der Waals surface area contributed by atoms with E-state index >= 15 is 0 Å². The predicted octanol–water partition coefficient (Wildman–Crippen LogP) is 1.14. The SMILES string of the molecule is CC1NC(c2cccs2)N(C2CCCS(=O)(=O)C2)C1=O. The molecule has 5 nitrogen and oxygen atoms in total. The first-order chi connectivity index (χ1) is 9.48. The average molecular weight is 314 g/mol. The molecule has 3 rings (SSSR count). The van der Waals surface area contributed by atoms with Gasteiger partial charge in [-0.1, -0.05) is 6.07 Å². The highest BCUT2D eigenvalue weighted by atomic mass is 32.2. The first-order valence-electron chi connectivity index (χ1n) is 6.80. The van der Waals surface area contributed by atoms with Gasteiger partial charge in [0.25, 0.3) is 0 Å². The molecule has 2 saturated heterocycles. The van der Waals surface area contributed by atoms with Crippen molar-refractivity contribution in [3.05, 3.63) is 22.4 Å². The van der Waals surface area contributed by atoms with Crippen LogP contribution in [0.3, 0.4) is 0 Å². The van der Waals surface area contributed by atoms with E-state index in [4.69, 9.17) is 0 Å². The molecule has 0 radical (unpaired) electrons. The highest BCUT2D eigenvalue weighted by Crippen LogP contribution is 2.33. The lowest BCUT2D eigenvalue weighted by molar-refractivity contribution is -0.131. The Balaban J connectivity index is 1.90. The number of carbonyl (C=O) groups excluding carboxylic acids is 1. The van der Waals surface area contributed by atoms with Crippen molar-refractivity contribution in [1.82, 2.24) is 10.2 Å². The van der Waals surface area contributed by atoms with Gasteiger partial charge in [0.15, 0.2) is 9.84 Å². The van der Waals surface area contributed by atoms with E-state index in [-0.39, 0.29) is 35.7 Å². The number of amides is 1. The fraction of sp³-hybridized carbons (Fsp3) is 0.615. The third-order valence-electron chi connectivity index (χ3n) is 3.96. The molecule has 1 amide bonds. The molecule has 0 aliphatic carbocycles. The van der Waals surface area contributed by atoms with E-state index in [1.54, 1.807) is 16.2 Å². The second-order valence-corrected chi connectivity index (χ2v) is 8.67. The summed E-state index contributed by atoms with van der Waals surface area (Å²) in [6, 6.07) is 3.47. The van der Waals surface area contributed by atoms with Crippen molar-refractivity contribution in [2.75, 3.05) is 11.5 Å². The van der Waals surface area contributed by atoms with Crippen LogP contribution < -0.4 is 5.32 Å². The first kappa shape index (κ1) is 14.0. The Hall–Kier alpha value is -0.920. The molecule has 0 bridgehead atoms. The summed E-state index contributed by atoms with van der Waals surface area (Å²) in [5, 5.41) is 5.25. The molecule has 1 aromatic rings. The Labute approximate surface area is 122 Å². The second kappa shape index (κ2) is 5.13. The standard InChI is InChI=1S/C13H18N2O3S2/c1-9-13(16)15(10-4-3-7-20(17,18)8-10)12(14-9)11-5-2-6-19-11/h2,5-6,9-10,12,14H,3-4,7-8H2,1H3. The maximum absolute atomic E-state index is 12.4. The number of carbonyl (C=O) groups is 1. The van der Waals surface area contributed by atoms with E-state index in [9.17, 15) is 13.2 Å². The highest BCUT2D eigenvalue weighted by molar-refractivity contribution is 7.91. The molecule has 2 aliphatic rings. The van der Waals surface area contributed by atoms with Crippen LogP contribution in [0, 0.1) is 0 Å². The minimum atomic E-state index is -3.02. The van der Waals surface area contributed by atoms with Crippen molar-refractivity contribution in [2.45, 2.75) is 38.0 Å². The first-order valence-corrected chi connectivity index (χ1v) is 9.50. The molecule has 110 valence electrons. The third kappa shape index (κ3) is 2.49. The minimum Gasteiger partial charge on any atom is -0.317 e. The van der Waals surface area contributed by atoms with E-state index in [0.717, 1.165) is 11.3 Å². The lowest BCUT2D eigenvalue weighted by Gasteiger charge is -2.34. The van der Waals surface area contributed by atoms with Gasteiger partial charge in [0.1, 0.15) is 6.17 Å². The van der Waals surface area contributed by atoms with Crippen molar-refractivity contribution < 1.29 is 13.2 Å². The van der Waals surface area contributed by atoms with Crippen LogP contribution in [0.15, 0.2) is 17.5 Å². The summed E-state index contributed by atoms with van der Waals surface area (Å²) >= 11 is 1.59. The molecule has 1 N–H and O–H groups in total. The Morgan fingerprint density at radius 1 is 1.45 bits per heavy atom. The smallest absolute Gasteiger partial charge is 0.241 e. The van der Waals surface area contributed by atoms with Crippen LogP contribution >= 0.6 is 11.3 Å². The Bertz CT molecular complexity index is 597. The molecular formula is C13H18N2O3S2. The predicted molar refractivity (Wildman–Crippen MR) is 78.2 cm³/mol. The van der Waals surface area contributed by atoms with Gasteiger partial charge in [0.05, 0.1) is 17.5 Å². The summed E-state index contributed by atoms with van der Waals surface area (Å²) in [4.78, 5) is 15.2. The number of nitrogens with one attached hydrogen (secondary N) is 1. The summed E-state index contributed by atoms with van der Waals surface area (Å²) in [5.74, 6) is 0.346. The number of rotatable bonds is 2. The zero-order valence-electron chi connectivity index (χ0n) is 11.3. The second-order valence-electron chi connectivity index (χ2n) is 5.46. The van der Waals surface area contributed by atoms with E-state index in [0.29, 0.717) is 6.42 Å². The maximum atomic E-state index is 12.4. The van der Waals surface area contributed by atoms with Gasteiger partial charge in [-0.2, -0.15) is 0 Å². The van der Waals surface area contributed by atoms with Gasteiger partial charge in [-0.05, 0) is 31.2 Å². The molecule has 3 heterocycles. The van der Waals surface area contributed by atoms with Gasteiger partial charge in [0.2, 0.25) is 5.91 Å². The van der Waals surface area contributed by atoms with Gasteiger partial charge < -0.3 is 4.90 Å². The number of nitrogens with zero attached hydrogens (tertiary/aromatic N) is 1. The Morgan fingerprint density at radius 2 is 2.25 bits per heavy atom. The maximum Gasteiger partial charge on any atom is 0.241 e. The molecule has 20 heavy (non-hydrogen) atoms. The summed E-state index contributed by atoms with van der Waals surface area (Å²) < 4.78 is 23.7. The summed E-state index contributed by atoms with van der Waals surface area (Å²) in [5.41, 5.74) is 0. The van der Waals surface area contributed by atoms with Crippen LogP contribution in [-0.4, -0.2) is 42.8 Å². The zero-order valence-corrected chi connectivity index (χ0v) is 12.9. The average Bonchev–Trinajstić information content (AvgIpc) is 2.98. The molecule has 0 spiro atoms. The van der Waals surface area contributed by atoms with Crippen LogP contribution in [0.5, 0.6) is 0 Å². The molecule has 3 unspecified atom stereocenters.